The number of likely N-dealkylation sites (N-methyl/N-ethyl adjacent to an activating group) is 1. The SMILES string of the molecule is CCN(CCOC)c1ncc(N)cc1C(N)=O. The van der Waals surface area contributed by atoms with Gasteiger partial charge in [-0.2, -0.15) is 0 Å². The fourth-order valence-electron chi connectivity index (χ4n) is 1.52. The number of aromatic nitrogens is 1. The van der Waals surface area contributed by atoms with Gasteiger partial charge in [0, 0.05) is 20.2 Å². The first kappa shape index (κ1) is 13.2. The molecule has 94 valence electrons. The zero-order valence-electron chi connectivity index (χ0n) is 10.1. The van der Waals surface area contributed by atoms with E-state index in [0.29, 0.717) is 36.8 Å². The van der Waals surface area contributed by atoms with Crippen LogP contribution in [0, 0.1) is 0 Å². The molecule has 6 nitrogen and oxygen atoms in total. The number of primary amides is 1. The number of rotatable bonds is 6. The highest BCUT2D eigenvalue weighted by molar-refractivity contribution is 5.98. The van der Waals surface area contributed by atoms with Gasteiger partial charge in [0.05, 0.1) is 24.1 Å². The van der Waals surface area contributed by atoms with Crippen LogP contribution in [0.15, 0.2) is 12.3 Å². The molecule has 0 aliphatic rings. The lowest BCUT2D eigenvalue weighted by atomic mass is 10.2. The van der Waals surface area contributed by atoms with Gasteiger partial charge in [-0.1, -0.05) is 0 Å². The largest absolute Gasteiger partial charge is 0.397 e. The first-order valence-corrected chi connectivity index (χ1v) is 5.39. The number of carbonyl (C=O) groups is 1. The molecule has 1 aromatic heterocycles. The van der Waals surface area contributed by atoms with Crippen LogP contribution in [-0.4, -0.2) is 37.7 Å². The Kier molecular flexibility index (Phi) is 4.71. The lowest BCUT2D eigenvalue weighted by Gasteiger charge is -2.23. The van der Waals surface area contributed by atoms with Gasteiger partial charge in [0.15, 0.2) is 0 Å². The lowest BCUT2D eigenvalue weighted by molar-refractivity contribution is 0.100. The second kappa shape index (κ2) is 6.05. The van der Waals surface area contributed by atoms with Gasteiger partial charge in [-0.15, -0.1) is 0 Å². The first-order chi connectivity index (χ1) is 8.10. The van der Waals surface area contributed by atoms with Crippen molar-refractivity contribution in [3.8, 4) is 0 Å². The number of nitrogen functional groups attached to an aromatic ring is 1. The number of nitrogens with zero attached hydrogens (tertiary/aromatic N) is 2. The quantitative estimate of drug-likeness (QED) is 0.740. The third-order valence-electron chi connectivity index (χ3n) is 2.40. The van der Waals surface area contributed by atoms with Gasteiger partial charge in [0.1, 0.15) is 5.82 Å². The fourth-order valence-corrected chi connectivity index (χ4v) is 1.52. The molecule has 0 aliphatic carbocycles. The van der Waals surface area contributed by atoms with Crippen molar-refractivity contribution in [2.45, 2.75) is 6.92 Å². The third-order valence-corrected chi connectivity index (χ3v) is 2.40. The minimum atomic E-state index is -0.532. The average molecular weight is 238 g/mol. The van der Waals surface area contributed by atoms with Gasteiger partial charge >= 0.3 is 0 Å². The number of amides is 1. The fraction of sp³-hybridized carbons (Fsp3) is 0.455. The molecule has 0 spiro atoms. The molecular formula is C11H18N4O2. The van der Waals surface area contributed by atoms with Crippen LogP contribution in [0.25, 0.3) is 0 Å². The van der Waals surface area contributed by atoms with E-state index in [1.807, 2.05) is 11.8 Å². The Labute approximate surface area is 101 Å². The number of methoxy groups -OCH3 is 1. The molecule has 0 bridgehead atoms. The highest BCUT2D eigenvalue weighted by Gasteiger charge is 2.15. The molecule has 0 unspecified atom stereocenters. The summed E-state index contributed by atoms with van der Waals surface area (Å²) < 4.78 is 5.01. The van der Waals surface area contributed by atoms with Crippen LogP contribution in [0.1, 0.15) is 17.3 Å². The molecule has 17 heavy (non-hydrogen) atoms. The van der Waals surface area contributed by atoms with Crippen molar-refractivity contribution in [1.82, 2.24) is 4.98 Å². The minimum absolute atomic E-state index is 0.336. The van der Waals surface area contributed by atoms with Crippen molar-refractivity contribution in [1.29, 1.82) is 0 Å². The van der Waals surface area contributed by atoms with E-state index >= 15 is 0 Å². The number of anilines is 2. The topological polar surface area (TPSA) is 94.5 Å². The average Bonchev–Trinajstić information content (AvgIpc) is 2.31. The molecule has 0 saturated carbocycles. The van der Waals surface area contributed by atoms with Gasteiger partial charge in [0.25, 0.3) is 5.91 Å². The highest BCUT2D eigenvalue weighted by Crippen LogP contribution is 2.19. The zero-order valence-corrected chi connectivity index (χ0v) is 10.1. The normalized spacial score (nSPS) is 10.2. The summed E-state index contributed by atoms with van der Waals surface area (Å²) in [6, 6.07) is 1.54. The zero-order chi connectivity index (χ0) is 12.8. The van der Waals surface area contributed by atoms with Crippen molar-refractivity contribution < 1.29 is 9.53 Å². The van der Waals surface area contributed by atoms with Crippen LogP contribution in [0.4, 0.5) is 11.5 Å². The van der Waals surface area contributed by atoms with Gasteiger partial charge in [-0.3, -0.25) is 4.79 Å². The Balaban J connectivity index is 3.05. The standard InChI is InChI=1S/C11H18N4O2/c1-3-15(4-5-17-2)11-9(10(13)16)6-8(12)7-14-11/h6-7H,3-5,12H2,1-2H3,(H2,13,16). The third kappa shape index (κ3) is 3.32. The summed E-state index contributed by atoms with van der Waals surface area (Å²) >= 11 is 0. The van der Waals surface area contributed by atoms with E-state index in [4.69, 9.17) is 16.2 Å². The Morgan fingerprint density at radius 1 is 1.59 bits per heavy atom. The van der Waals surface area contributed by atoms with E-state index in [9.17, 15) is 4.79 Å². The van der Waals surface area contributed by atoms with Crippen LogP contribution in [-0.2, 0) is 4.74 Å². The smallest absolute Gasteiger partial charge is 0.252 e. The molecule has 0 fully saturated rings. The molecule has 0 saturated heterocycles. The van der Waals surface area contributed by atoms with E-state index in [-0.39, 0.29) is 0 Å². The van der Waals surface area contributed by atoms with E-state index in [2.05, 4.69) is 4.98 Å². The summed E-state index contributed by atoms with van der Waals surface area (Å²) in [4.78, 5) is 17.4. The second-order valence-corrected chi connectivity index (χ2v) is 3.58. The summed E-state index contributed by atoms with van der Waals surface area (Å²) in [5.74, 6) is 0.0157. The second-order valence-electron chi connectivity index (χ2n) is 3.58. The molecule has 0 aromatic carbocycles. The molecule has 1 rings (SSSR count). The van der Waals surface area contributed by atoms with Gasteiger partial charge in [-0.05, 0) is 13.0 Å². The maximum atomic E-state index is 11.3. The number of carbonyl (C=O) groups excluding carboxylic acids is 1. The van der Waals surface area contributed by atoms with Crippen molar-refractivity contribution in [3.05, 3.63) is 17.8 Å². The predicted octanol–water partition coefficient (Wildman–Crippen LogP) is 0.235. The van der Waals surface area contributed by atoms with E-state index in [0.717, 1.165) is 0 Å². The van der Waals surface area contributed by atoms with Crippen LogP contribution < -0.4 is 16.4 Å². The number of nitrogens with two attached hydrogens (primary N) is 2. The molecule has 0 radical (unpaired) electrons. The van der Waals surface area contributed by atoms with Crippen molar-refractivity contribution in [2.24, 2.45) is 5.73 Å². The monoisotopic (exact) mass is 238 g/mol. The van der Waals surface area contributed by atoms with Gasteiger partial charge in [0.2, 0.25) is 0 Å². The summed E-state index contributed by atoms with van der Waals surface area (Å²) in [7, 11) is 1.62. The number of hydrogen-bond donors (Lipinski definition) is 2. The van der Waals surface area contributed by atoms with Crippen LogP contribution in [0.5, 0.6) is 0 Å². The Morgan fingerprint density at radius 2 is 2.29 bits per heavy atom. The van der Waals surface area contributed by atoms with Crippen molar-refractivity contribution >= 4 is 17.4 Å². The molecule has 1 aromatic rings. The maximum absolute atomic E-state index is 11.3. The summed E-state index contributed by atoms with van der Waals surface area (Å²) in [5.41, 5.74) is 11.7. The van der Waals surface area contributed by atoms with Crippen LogP contribution in [0.2, 0.25) is 0 Å². The number of ether oxygens (including phenoxy) is 1. The molecule has 0 aliphatic heterocycles. The summed E-state index contributed by atoms with van der Waals surface area (Å²) in [5, 5.41) is 0. The predicted molar refractivity (Wildman–Crippen MR) is 66.9 cm³/mol. The minimum Gasteiger partial charge on any atom is -0.397 e. The molecule has 1 heterocycles. The van der Waals surface area contributed by atoms with Gasteiger partial charge < -0.3 is 21.1 Å². The Morgan fingerprint density at radius 3 is 2.82 bits per heavy atom. The van der Waals surface area contributed by atoms with E-state index < -0.39 is 5.91 Å². The molecule has 1 amide bonds. The van der Waals surface area contributed by atoms with E-state index in [1.54, 1.807) is 13.2 Å². The molecule has 4 N–H and O–H groups in total. The Hall–Kier alpha value is -1.82. The maximum Gasteiger partial charge on any atom is 0.252 e. The molecular weight excluding hydrogens is 220 g/mol. The van der Waals surface area contributed by atoms with Crippen LogP contribution in [0.3, 0.4) is 0 Å². The lowest BCUT2D eigenvalue weighted by Crippen LogP contribution is -2.30. The first-order valence-electron chi connectivity index (χ1n) is 5.39. The summed E-state index contributed by atoms with van der Waals surface area (Å²) in [6.07, 6.45) is 1.51. The van der Waals surface area contributed by atoms with Crippen molar-refractivity contribution in [2.75, 3.05) is 37.4 Å². The van der Waals surface area contributed by atoms with Gasteiger partial charge in [-0.25, -0.2) is 4.98 Å². The summed E-state index contributed by atoms with van der Waals surface area (Å²) in [6.45, 7) is 3.88. The highest BCUT2D eigenvalue weighted by atomic mass is 16.5. The number of pyridine rings is 1. The van der Waals surface area contributed by atoms with E-state index in [1.165, 1.54) is 6.20 Å². The van der Waals surface area contributed by atoms with Crippen molar-refractivity contribution in [3.63, 3.8) is 0 Å². The number of hydrogen-bond acceptors (Lipinski definition) is 5. The molecule has 6 heteroatoms. The van der Waals surface area contributed by atoms with Crippen LogP contribution >= 0.6 is 0 Å². The Bertz CT molecular complexity index is 395. The molecule has 0 atom stereocenters.